The summed E-state index contributed by atoms with van der Waals surface area (Å²) in [6, 6.07) is -0.752. The molecule has 1 aliphatic heterocycles. The largest absolute Gasteiger partial charge is 0.596 e. The summed E-state index contributed by atoms with van der Waals surface area (Å²) in [6.07, 6.45) is 0.666. The Morgan fingerprint density at radius 1 is 1.78 bits per heavy atom. The van der Waals surface area contributed by atoms with Crippen molar-refractivity contribution in [3.8, 4) is 0 Å². The second kappa shape index (κ2) is 7.15. The lowest BCUT2D eigenvalue weighted by Crippen LogP contribution is -2.42. The highest BCUT2D eigenvalue weighted by atomic mass is 16.4. The van der Waals surface area contributed by atoms with E-state index in [0.29, 0.717) is 19.4 Å². The molecule has 1 fully saturated rings. The number of rotatable bonds is 3. The summed E-state index contributed by atoms with van der Waals surface area (Å²) in [7, 11) is 1.64. The van der Waals surface area contributed by atoms with Crippen molar-refractivity contribution in [2.24, 2.45) is 5.73 Å². The highest BCUT2D eigenvalue weighted by molar-refractivity contribution is 5.86. The summed E-state index contributed by atoms with van der Waals surface area (Å²) in [5.74, 6) is -1.18. The molecule has 1 saturated heterocycles. The number of hydrogen-bond donors (Lipinski definition) is 3. The fourth-order valence-corrected chi connectivity index (χ4v) is 1.16. The zero-order valence-corrected chi connectivity index (χ0v) is 10.2. The molecule has 1 amide bonds. The van der Waals surface area contributed by atoms with Crippen LogP contribution < -0.4 is 16.2 Å². The minimum Gasteiger partial charge on any atom is -0.596 e. The van der Waals surface area contributed by atoms with Crippen LogP contribution in [0.1, 0.15) is 12.8 Å². The van der Waals surface area contributed by atoms with Gasteiger partial charge in [0.25, 0.3) is 0 Å². The van der Waals surface area contributed by atoms with Gasteiger partial charge in [0.15, 0.2) is 5.96 Å². The van der Waals surface area contributed by atoms with E-state index in [4.69, 9.17) is 16.2 Å². The van der Waals surface area contributed by atoms with Crippen LogP contribution in [-0.2, 0) is 9.59 Å². The number of nitrogens with two attached hydrogens (primary N) is 1. The minimum absolute atomic E-state index is 0.0385. The standard InChI is InChI=1S/C5H11N3O.C5H7NO3/c1-4(9)3-8(2)5(6)7;7-4-2-1-3(6-4)5(8)9/h9H,1,3H2,2H3,(H3,6,7);3H,1-2H2,(H,6,7)(H,8,9)/t;3-/m.0/s1. The fraction of sp³-hybridized carbons (Fsp3) is 0.500. The van der Waals surface area contributed by atoms with E-state index < -0.39 is 12.0 Å². The average Bonchev–Trinajstić information content (AvgIpc) is 2.64. The smallest absolute Gasteiger partial charge is 0.241 e. The maximum Gasteiger partial charge on any atom is 0.241 e. The molecule has 6 N–H and O–H groups in total. The van der Waals surface area contributed by atoms with Gasteiger partial charge in [0.1, 0.15) is 6.54 Å². The number of nitrogens with one attached hydrogen (secondary N) is 2. The van der Waals surface area contributed by atoms with E-state index in [0.717, 1.165) is 0 Å². The van der Waals surface area contributed by atoms with Crippen LogP contribution in [0.5, 0.6) is 0 Å². The number of carboxylic acid groups (broad SMARTS) is 1. The first-order chi connectivity index (χ1) is 8.23. The Bertz CT molecular complexity index is 354. The van der Waals surface area contributed by atoms with Crippen LogP contribution in [0.15, 0.2) is 12.3 Å². The van der Waals surface area contributed by atoms with Crippen LogP contribution in [0.4, 0.5) is 0 Å². The van der Waals surface area contributed by atoms with Gasteiger partial charge >= 0.3 is 0 Å². The lowest BCUT2D eigenvalue weighted by Gasteiger charge is -2.12. The molecule has 0 aromatic rings. The maximum atomic E-state index is 10.4. The van der Waals surface area contributed by atoms with Gasteiger partial charge in [-0.25, -0.2) is 0 Å². The number of hydrogen-bond acceptors (Lipinski definition) is 4. The monoisotopic (exact) mass is 258 g/mol. The number of carbonyl (C=O) groups is 2. The summed E-state index contributed by atoms with van der Waals surface area (Å²) in [5.41, 5.74) is 5.07. The molecule has 0 bridgehead atoms. The van der Waals surface area contributed by atoms with Crippen molar-refractivity contribution in [2.45, 2.75) is 18.9 Å². The van der Waals surface area contributed by atoms with Crippen LogP contribution in [0.3, 0.4) is 0 Å². The van der Waals surface area contributed by atoms with Crippen molar-refractivity contribution >= 4 is 17.8 Å². The van der Waals surface area contributed by atoms with Crippen molar-refractivity contribution < 1.29 is 19.8 Å². The molecular weight excluding hydrogens is 240 g/mol. The van der Waals surface area contributed by atoms with Crippen molar-refractivity contribution in [2.75, 3.05) is 13.6 Å². The van der Waals surface area contributed by atoms with Crippen molar-refractivity contribution in [3.05, 3.63) is 12.3 Å². The number of carboxylic acids is 1. The van der Waals surface area contributed by atoms with Crippen LogP contribution in [0.2, 0.25) is 0 Å². The molecule has 8 nitrogen and oxygen atoms in total. The number of aliphatic carboxylic acids is 1. The SMILES string of the molecule is C=C([OH2+])CN(C)C(=N)N.O=C1CC[C@@H](C(=O)[O-])N1. The Balaban J connectivity index is 0.000000321. The van der Waals surface area contributed by atoms with Crippen LogP contribution in [0.25, 0.3) is 0 Å². The zero-order valence-electron chi connectivity index (χ0n) is 10.2. The van der Waals surface area contributed by atoms with Gasteiger partial charge in [-0.2, -0.15) is 0 Å². The number of amides is 1. The molecule has 1 heterocycles. The molecule has 0 aliphatic carbocycles. The molecule has 0 spiro atoms. The third-order valence-corrected chi connectivity index (χ3v) is 2.12. The number of nitrogens with zero attached hydrogens (tertiary/aromatic N) is 1. The Hall–Kier alpha value is -2.25. The summed E-state index contributed by atoms with van der Waals surface area (Å²) < 4.78 is 0. The predicted octanol–water partition coefficient (Wildman–Crippen LogP) is -2.94. The molecular formula is C10H18N4O4. The lowest BCUT2D eigenvalue weighted by atomic mass is 10.2. The zero-order chi connectivity index (χ0) is 14.3. The molecule has 0 aromatic heterocycles. The molecule has 18 heavy (non-hydrogen) atoms. The van der Waals surface area contributed by atoms with Gasteiger partial charge in [-0.1, -0.05) is 0 Å². The molecule has 102 valence electrons. The van der Waals surface area contributed by atoms with Crippen LogP contribution in [0, 0.1) is 5.41 Å². The second-order valence-electron chi connectivity index (χ2n) is 3.82. The highest BCUT2D eigenvalue weighted by Crippen LogP contribution is 2.04. The first-order valence-corrected chi connectivity index (χ1v) is 5.18. The quantitative estimate of drug-likeness (QED) is 0.215. The molecule has 0 radical (unpaired) electrons. The minimum atomic E-state index is -1.19. The average molecular weight is 258 g/mol. The number of carbonyl (C=O) groups excluding carboxylic acids is 2. The maximum absolute atomic E-state index is 10.4. The topological polar surface area (TPSA) is 145 Å². The molecule has 1 atom stereocenters. The summed E-state index contributed by atoms with van der Waals surface area (Å²) in [6.45, 7) is 3.68. The molecule has 0 saturated carbocycles. The molecule has 1 aliphatic rings. The van der Waals surface area contributed by atoms with E-state index in [1.807, 2.05) is 0 Å². The summed E-state index contributed by atoms with van der Waals surface area (Å²) in [5, 5.41) is 26.1. The second-order valence-corrected chi connectivity index (χ2v) is 3.82. The molecule has 0 unspecified atom stereocenters. The Kier molecular flexibility index (Phi) is 6.26. The van der Waals surface area contributed by atoms with Crippen molar-refractivity contribution in [1.29, 1.82) is 5.41 Å². The predicted molar refractivity (Wildman–Crippen MR) is 63.5 cm³/mol. The van der Waals surface area contributed by atoms with Gasteiger partial charge in [-0.15, -0.1) is 0 Å². The van der Waals surface area contributed by atoms with Crippen LogP contribution >= 0.6 is 0 Å². The first kappa shape index (κ1) is 15.8. The van der Waals surface area contributed by atoms with Crippen molar-refractivity contribution in [3.63, 3.8) is 0 Å². The van der Waals surface area contributed by atoms with E-state index in [2.05, 4.69) is 11.9 Å². The summed E-state index contributed by atoms with van der Waals surface area (Å²) >= 11 is 0. The van der Waals surface area contributed by atoms with E-state index in [9.17, 15) is 14.7 Å². The normalized spacial score (nSPS) is 17.2. The summed E-state index contributed by atoms with van der Waals surface area (Å²) in [4.78, 5) is 21.8. The Morgan fingerprint density at radius 3 is 2.50 bits per heavy atom. The van der Waals surface area contributed by atoms with E-state index in [-0.39, 0.29) is 17.6 Å². The van der Waals surface area contributed by atoms with Crippen LogP contribution in [-0.4, -0.2) is 47.5 Å². The fourth-order valence-electron chi connectivity index (χ4n) is 1.16. The highest BCUT2D eigenvalue weighted by Gasteiger charge is 2.20. The van der Waals surface area contributed by atoms with Gasteiger partial charge in [0, 0.05) is 13.5 Å². The molecule has 0 aromatic carbocycles. The Labute approximate surface area is 105 Å². The van der Waals surface area contributed by atoms with Gasteiger partial charge < -0.3 is 31.0 Å². The third kappa shape index (κ3) is 6.36. The van der Waals surface area contributed by atoms with Gasteiger partial charge in [0.2, 0.25) is 11.7 Å². The van der Waals surface area contributed by atoms with Gasteiger partial charge in [-0.05, 0) is 13.0 Å². The Morgan fingerprint density at radius 2 is 2.33 bits per heavy atom. The number of likely N-dealkylation sites (N-methyl/N-ethyl adjacent to an activating group) is 1. The van der Waals surface area contributed by atoms with Crippen molar-refractivity contribution in [1.82, 2.24) is 10.2 Å². The molecule has 1 rings (SSSR count). The number of guanidine groups is 1. The first-order valence-electron chi connectivity index (χ1n) is 5.18. The van der Waals surface area contributed by atoms with E-state index >= 15 is 0 Å². The van der Waals surface area contributed by atoms with E-state index in [1.54, 1.807) is 7.05 Å². The molecule has 8 heteroatoms. The third-order valence-electron chi connectivity index (χ3n) is 2.12. The van der Waals surface area contributed by atoms with E-state index in [1.165, 1.54) is 4.90 Å². The lowest BCUT2D eigenvalue weighted by molar-refractivity contribution is -0.308. The van der Waals surface area contributed by atoms with Gasteiger partial charge in [0.05, 0.1) is 12.0 Å². The van der Waals surface area contributed by atoms with Gasteiger partial charge in [-0.3, -0.25) is 10.2 Å².